The van der Waals surface area contributed by atoms with Gasteiger partial charge in [0.05, 0.1) is 19.6 Å². The lowest BCUT2D eigenvalue weighted by Crippen LogP contribution is -2.57. The van der Waals surface area contributed by atoms with Crippen LogP contribution in [0.4, 0.5) is 0 Å². The van der Waals surface area contributed by atoms with Crippen LogP contribution >= 0.6 is 0 Å². The van der Waals surface area contributed by atoms with Crippen LogP contribution in [0.3, 0.4) is 0 Å². The normalized spacial score (nSPS) is 11.3. The van der Waals surface area contributed by atoms with Crippen LogP contribution in [0.1, 0.15) is 20.8 Å². The Labute approximate surface area is 75.3 Å². The first kappa shape index (κ1) is 14.4. The van der Waals surface area contributed by atoms with E-state index in [1.54, 1.807) is 0 Å². The third-order valence-corrected chi connectivity index (χ3v) is 2.70. The van der Waals surface area contributed by atoms with Gasteiger partial charge in [-0.25, -0.2) is 13.0 Å². The lowest BCUT2D eigenvalue weighted by molar-refractivity contribution is -0.951. The van der Waals surface area contributed by atoms with E-state index >= 15 is 0 Å². The molecule has 0 aromatic rings. The highest BCUT2D eigenvalue weighted by atomic mass is 32.2. The van der Waals surface area contributed by atoms with Crippen molar-refractivity contribution in [3.63, 3.8) is 0 Å². The molecule has 0 aliphatic carbocycles. The smallest absolute Gasteiger partial charge is 0.243 e. The van der Waals surface area contributed by atoms with E-state index in [0.29, 0.717) is 4.59 Å². The second kappa shape index (κ2) is 6.36. The summed E-state index contributed by atoms with van der Waals surface area (Å²) in [4.78, 5) is 2.53. The Hall–Kier alpha value is -0.170. The first-order valence-electron chi connectivity index (χ1n) is 3.88. The van der Waals surface area contributed by atoms with Crippen LogP contribution in [-0.4, -0.2) is 38.1 Å². The Morgan fingerprint density at radius 2 is 1.42 bits per heavy atom. The molecule has 0 aliphatic heterocycles. The van der Waals surface area contributed by atoms with E-state index < -0.39 is 10.9 Å². The van der Waals surface area contributed by atoms with Gasteiger partial charge in [-0.2, -0.15) is 0 Å². The minimum absolute atomic E-state index is 0. The average molecular weight is 198 g/mol. The third-order valence-electron chi connectivity index (χ3n) is 2.11. The molecule has 0 amide bonds. The molecule has 0 radical (unpaired) electrons. The molecule has 0 spiro atoms. The van der Waals surface area contributed by atoms with Crippen molar-refractivity contribution in [3.8, 4) is 0 Å². The molecule has 0 atom stereocenters. The maximum atomic E-state index is 10.4. The van der Waals surface area contributed by atoms with E-state index in [0.717, 1.165) is 19.6 Å². The van der Waals surface area contributed by atoms with E-state index in [1.165, 1.54) is 0 Å². The van der Waals surface area contributed by atoms with Crippen LogP contribution in [0, 0.1) is 0 Å². The summed E-state index contributed by atoms with van der Waals surface area (Å²) in [6.07, 6.45) is 0. The maximum absolute atomic E-state index is 10.4. The molecule has 0 aromatic heterocycles. The van der Waals surface area contributed by atoms with Gasteiger partial charge in [0, 0.05) is 0 Å². The zero-order valence-corrected chi connectivity index (χ0v) is 8.67. The van der Waals surface area contributed by atoms with Crippen LogP contribution in [0.15, 0.2) is 0 Å². The molecule has 12 heavy (non-hydrogen) atoms. The SMILES string of the molecule is CC[N+](CC)(CC)N[SH](=O)=O.[OH-]. The first-order valence-corrected chi connectivity index (χ1v) is 5.06. The number of thiol groups is 1. The van der Waals surface area contributed by atoms with Crippen LogP contribution in [0.2, 0.25) is 0 Å². The zero-order chi connectivity index (χ0) is 8.91. The Kier molecular flexibility index (Phi) is 7.61. The minimum Gasteiger partial charge on any atom is -0.870 e. The first-order chi connectivity index (χ1) is 5.10. The molecule has 2 N–H and O–H groups in total. The Morgan fingerprint density at radius 1 is 1.08 bits per heavy atom. The second-order valence-corrected chi connectivity index (χ2v) is 3.17. The van der Waals surface area contributed by atoms with Crippen molar-refractivity contribution in [2.45, 2.75) is 20.8 Å². The van der Waals surface area contributed by atoms with E-state index in [9.17, 15) is 8.42 Å². The van der Waals surface area contributed by atoms with Gasteiger partial charge < -0.3 is 5.48 Å². The molecule has 0 aliphatic rings. The monoisotopic (exact) mass is 198 g/mol. The largest absolute Gasteiger partial charge is 0.870 e. The Balaban J connectivity index is 0. The minimum atomic E-state index is -2.48. The molecule has 76 valence electrons. The highest BCUT2D eigenvalue weighted by Gasteiger charge is 2.21. The Bertz CT molecular complexity index is 161. The van der Waals surface area contributed by atoms with Gasteiger partial charge in [-0.15, -0.1) is 0 Å². The lowest BCUT2D eigenvalue weighted by atomic mass is 10.5. The fraction of sp³-hybridized carbons (Fsp3) is 1.00. The number of rotatable bonds is 5. The molecule has 0 fully saturated rings. The summed E-state index contributed by atoms with van der Waals surface area (Å²) in [6, 6.07) is 0. The van der Waals surface area contributed by atoms with Gasteiger partial charge in [-0.05, 0) is 20.8 Å². The van der Waals surface area contributed by atoms with Gasteiger partial charge in [-0.1, -0.05) is 4.83 Å². The standard InChI is InChI=1S/C6H17N2O2S.H2O/c1-4-8(5-2,6-3)7-11(9)10;/h11H,4-6H2,1-3H3,(H,7,9,10);1H2/q+1;/p-1. The average Bonchev–Trinajstić information content (AvgIpc) is 2.00. The van der Waals surface area contributed by atoms with Crippen LogP contribution < -0.4 is 4.83 Å². The third kappa shape index (κ3) is 4.01. The predicted octanol–water partition coefficient (Wildman–Crippen LogP) is -0.283. The van der Waals surface area contributed by atoms with Gasteiger partial charge in [-0.3, -0.25) is 0 Å². The topological polar surface area (TPSA) is 76.2 Å². The summed E-state index contributed by atoms with van der Waals surface area (Å²) in [6.45, 7) is 8.28. The molecule has 0 rings (SSSR count). The molecule has 0 aromatic carbocycles. The number of hydrogen-bond acceptors (Lipinski definition) is 3. The van der Waals surface area contributed by atoms with E-state index in [2.05, 4.69) is 4.83 Å². The van der Waals surface area contributed by atoms with Crippen LogP contribution in [0.5, 0.6) is 0 Å². The molecule has 0 heterocycles. The van der Waals surface area contributed by atoms with E-state index in [4.69, 9.17) is 0 Å². The molecule has 0 saturated heterocycles. The predicted molar refractivity (Wildman–Crippen MR) is 47.3 cm³/mol. The van der Waals surface area contributed by atoms with Crippen molar-refractivity contribution in [2.75, 3.05) is 19.6 Å². The molecular weight excluding hydrogens is 180 g/mol. The van der Waals surface area contributed by atoms with E-state index in [-0.39, 0.29) is 5.48 Å². The van der Waals surface area contributed by atoms with Crippen molar-refractivity contribution in [2.24, 2.45) is 0 Å². The van der Waals surface area contributed by atoms with Crippen molar-refractivity contribution in [3.05, 3.63) is 0 Å². The number of nitrogens with one attached hydrogen (secondary N) is 1. The van der Waals surface area contributed by atoms with Gasteiger partial charge in [0.2, 0.25) is 10.9 Å². The fourth-order valence-electron chi connectivity index (χ4n) is 1.06. The van der Waals surface area contributed by atoms with Gasteiger partial charge in [0.1, 0.15) is 0 Å². The number of quaternary nitrogens is 1. The molecule has 5 nitrogen and oxygen atoms in total. The molecule has 0 unspecified atom stereocenters. The fourth-order valence-corrected chi connectivity index (χ4v) is 1.83. The summed E-state index contributed by atoms with van der Waals surface area (Å²) >= 11 is 0. The van der Waals surface area contributed by atoms with Crippen molar-refractivity contribution in [1.82, 2.24) is 4.83 Å². The summed E-state index contributed by atoms with van der Waals surface area (Å²) in [5.41, 5.74) is 0. The van der Waals surface area contributed by atoms with Gasteiger partial charge in [0.15, 0.2) is 0 Å². The highest BCUT2D eigenvalue weighted by molar-refractivity contribution is 7.70. The highest BCUT2D eigenvalue weighted by Crippen LogP contribution is 1.99. The summed E-state index contributed by atoms with van der Waals surface area (Å²) in [5.74, 6) is 0. The summed E-state index contributed by atoms with van der Waals surface area (Å²) in [7, 11) is -2.48. The molecular formula is C6H18N2O3S. The summed E-state index contributed by atoms with van der Waals surface area (Å²) < 4.78 is 21.2. The van der Waals surface area contributed by atoms with Crippen molar-refractivity contribution in [1.29, 1.82) is 0 Å². The second-order valence-electron chi connectivity index (χ2n) is 2.45. The molecule has 0 saturated carbocycles. The maximum Gasteiger partial charge on any atom is 0.243 e. The van der Waals surface area contributed by atoms with Crippen LogP contribution in [0.25, 0.3) is 0 Å². The number of nitrogens with zero attached hydrogens (tertiary/aromatic N) is 1. The number of hydrogen-bond donors (Lipinski definition) is 2. The molecule has 6 heteroatoms. The lowest BCUT2D eigenvalue weighted by Gasteiger charge is -2.31. The van der Waals surface area contributed by atoms with Gasteiger partial charge in [0.25, 0.3) is 0 Å². The zero-order valence-electron chi connectivity index (χ0n) is 7.78. The van der Waals surface area contributed by atoms with E-state index in [1.807, 2.05) is 20.8 Å². The summed E-state index contributed by atoms with van der Waals surface area (Å²) in [5, 5.41) is 0. The Morgan fingerprint density at radius 3 is 1.50 bits per heavy atom. The van der Waals surface area contributed by atoms with Crippen molar-refractivity contribution >= 4 is 10.9 Å². The quantitative estimate of drug-likeness (QED) is 0.362. The molecule has 0 bridgehead atoms. The van der Waals surface area contributed by atoms with Gasteiger partial charge >= 0.3 is 0 Å². The van der Waals surface area contributed by atoms with Crippen LogP contribution in [-0.2, 0) is 10.9 Å². The van der Waals surface area contributed by atoms with Crippen molar-refractivity contribution < 1.29 is 18.5 Å².